The van der Waals surface area contributed by atoms with Gasteiger partial charge in [0, 0.05) is 54.5 Å². The van der Waals surface area contributed by atoms with Gasteiger partial charge in [0.25, 0.3) is 0 Å². The molecule has 12 heteroatoms. The van der Waals surface area contributed by atoms with Crippen molar-refractivity contribution in [2.75, 3.05) is 30.3 Å². The average Bonchev–Trinajstić information content (AvgIpc) is 2.94. The third-order valence-corrected chi connectivity index (χ3v) is 6.86. The Kier molecular flexibility index (Phi) is 8.09. The van der Waals surface area contributed by atoms with E-state index >= 15 is 0 Å². The van der Waals surface area contributed by atoms with Gasteiger partial charge in [-0.15, -0.1) is 0 Å². The number of alkyl halides is 3. The fourth-order valence-corrected chi connectivity index (χ4v) is 4.86. The number of nitrogens with zero attached hydrogens (tertiary/aromatic N) is 4. The summed E-state index contributed by atoms with van der Waals surface area (Å²) in [5.74, 6) is 1.20. The lowest BCUT2D eigenvalue weighted by molar-refractivity contribution is -0.131. The second kappa shape index (κ2) is 11.9. The quantitative estimate of drug-likeness (QED) is 0.216. The first-order valence-corrected chi connectivity index (χ1v) is 13.2. The van der Waals surface area contributed by atoms with E-state index in [9.17, 15) is 23.1 Å². The van der Waals surface area contributed by atoms with Crippen molar-refractivity contribution in [2.45, 2.75) is 38.4 Å². The molecule has 214 valence electrons. The normalized spacial score (nSPS) is 15.5. The minimum absolute atomic E-state index is 0.114. The molecule has 0 radical (unpaired) electrons. The Morgan fingerprint density at radius 1 is 1.10 bits per heavy atom. The second-order valence-corrected chi connectivity index (χ2v) is 9.84. The zero-order chi connectivity index (χ0) is 29.0. The van der Waals surface area contributed by atoms with Crippen LogP contribution in [0.2, 0.25) is 0 Å². The van der Waals surface area contributed by atoms with E-state index in [0.717, 1.165) is 29.2 Å². The summed E-state index contributed by atoms with van der Waals surface area (Å²) in [7, 11) is 0. The molecule has 3 N–H and O–H groups in total. The third kappa shape index (κ3) is 6.76. The number of carbonyl (C=O) groups is 1. The number of carboxylic acid groups (broad SMARTS) is 1. The van der Waals surface area contributed by atoms with E-state index in [0.29, 0.717) is 47.6 Å². The first kappa shape index (κ1) is 27.9. The van der Waals surface area contributed by atoms with Gasteiger partial charge in [0.2, 0.25) is 11.8 Å². The van der Waals surface area contributed by atoms with E-state index in [-0.39, 0.29) is 12.6 Å². The van der Waals surface area contributed by atoms with Crippen LogP contribution in [0.25, 0.3) is 22.0 Å². The Morgan fingerprint density at radius 3 is 2.76 bits per heavy atom. The number of ether oxygens (including phenoxy) is 1. The maximum absolute atomic E-state index is 12.7. The van der Waals surface area contributed by atoms with Crippen LogP contribution in [-0.2, 0) is 0 Å². The van der Waals surface area contributed by atoms with Crippen LogP contribution in [0.4, 0.5) is 29.6 Å². The number of aromatic nitrogens is 3. The molecule has 1 unspecified atom stereocenters. The van der Waals surface area contributed by atoms with Crippen molar-refractivity contribution in [3.05, 3.63) is 66.5 Å². The molecule has 1 fully saturated rings. The molecule has 1 atom stereocenters. The monoisotopic (exact) mass is 566 g/mol. The molecular weight excluding hydrogens is 537 g/mol. The molecule has 0 bridgehead atoms. The SMILES string of the molecule is Cc1ccc2c(NCCC(F)(F)F)cccc2c1Oc1ncccc1-c1ccnc(NC2CCCN(C(=O)O)C2)n1. The van der Waals surface area contributed by atoms with Gasteiger partial charge in [-0.2, -0.15) is 13.2 Å². The lowest BCUT2D eigenvalue weighted by Gasteiger charge is -2.31. The molecule has 3 heterocycles. The van der Waals surface area contributed by atoms with E-state index in [2.05, 4.69) is 25.6 Å². The lowest BCUT2D eigenvalue weighted by atomic mass is 10.0. The van der Waals surface area contributed by atoms with Crippen LogP contribution >= 0.6 is 0 Å². The number of rotatable bonds is 8. The van der Waals surface area contributed by atoms with Gasteiger partial charge < -0.3 is 25.4 Å². The number of anilines is 2. The molecule has 1 aliphatic rings. The standard InChI is InChI=1S/C29H29F3N6O3/c1-18-9-10-20-21(6-2-8-23(20)33-15-12-29(30,31)32)25(18)41-26-22(7-3-13-34-26)24-11-14-35-27(37-24)36-19-5-4-16-38(17-19)28(39)40/h2-3,6-11,13-14,19,33H,4-5,12,15-17H2,1H3,(H,39,40)(H,35,36,37). The number of amides is 1. The van der Waals surface area contributed by atoms with E-state index in [1.807, 2.05) is 31.2 Å². The van der Waals surface area contributed by atoms with Crippen molar-refractivity contribution >= 4 is 28.5 Å². The van der Waals surface area contributed by atoms with E-state index in [1.54, 1.807) is 36.7 Å². The highest BCUT2D eigenvalue weighted by Crippen LogP contribution is 2.38. The molecule has 5 rings (SSSR count). The largest absolute Gasteiger partial charge is 0.465 e. The summed E-state index contributed by atoms with van der Waals surface area (Å²) < 4.78 is 44.5. The fourth-order valence-electron chi connectivity index (χ4n) is 4.86. The molecule has 1 saturated heterocycles. The summed E-state index contributed by atoms with van der Waals surface area (Å²) in [6, 6.07) is 14.3. The number of hydrogen-bond acceptors (Lipinski definition) is 7. The molecule has 2 aromatic carbocycles. The van der Waals surface area contributed by atoms with Gasteiger partial charge in [-0.25, -0.2) is 19.7 Å². The van der Waals surface area contributed by atoms with Crippen LogP contribution in [0.15, 0.2) is 60.9 Å². The van der Waals surface area contributed by atoms with Crippen LogP contribution < -0.4 is 15.4 Å². The molecule has 2 aromatic heterocycles. The van der Waals surface area contributed by atoms with Crippen LogP contribution in [0.3, 0.4) is 0 Å². The number of likely N-dealkylation sites (tertiary alicyclic amines) is 1. The van der Waals surface area contributed by atoms with Gasteiger partial charge in [-0.1, -0.05) is 24.3 Å². The molecule has 0 saturated carbocycles. The van der Waals surface area contributed by atoms with Crippen molar-refractivity contribution < 1.29 is 27.8 Å². The molecule has 4 aromatic rings. The molecule has 0 aliphatic carbocycles. The Hall–Kier alpha value is -4.61. The molecular formula is C29H29F3N6O3. The summed E-state index contributed by atoms with van der Waals surface area (Å²) >= 11 is 0. The van der Waals surface area contributed by atoms with Crippen molar-refractivity contribution in [2.24, 2.45) is 0 Å². The van der Waals surface area contributed by atoms with Gasteiger partial charge >= 0.3 is 12.3 Å². The van der Waals surface area contributed by atoms with Crippen molar-refractivity contribution in [1.82, 2.24) is 19.9 Å². The van der Waals surface area contributed by atoms with Gasteiger partial charge in [-0.3, -0.25) is 0 Å². The molecule has 1 aliphatic heterocycles. The predicted octanol–water partition coefficient (Wildman–Crippen LogP) is 6.71. The van der Waals surface area contributed by atoms with Crippen molar-refractivity contribution in [1.29, 1.82) is 0 Å². The summed E-state index contributed by atoms with van der Waals surface area (Å²) in [6.07, 6.45) is -1.38. The van der Waals surface area contributed by atoms with Gasteiger partial charge in [0.1, 0.15) is 5.75 Å². The predicted molar refractivity (Wildman–Crippen MR) is 149 cm³/mol. The lowest BCUT2D eigenvalue weighted by Crippen LogP contribution is -2.44. The minimum Gasteiger partial charge on any atom is -0.465 e. The zero-order valence-corrected chi connectivity index (χ0v) is 22.3. The Balaban J connectivity index is 1.41. The number of piperidine rings is 1. The van der Waals surface area contributed by atoms with Gasteiger partial charge in [0.15, 0.2) is 0 Å². The molecule has 41 heavy (non-hydrogen) atoms. The number of aryl methyl sites for hydroxylation is 1. The highest BCUT2D eigenvalue weighted by atomic mass is 19.4. The first-order chi connectivity index (χ1) is 19.7. The smallest absolute Gasteiger partial charge is 0.407 e. The highest BCUT2D eigenvalue weighted by molar-refractivity contribution is 5.98. The third-order valence-electron chi connectivity index (χ3n) is 6.86. The van der Waals surface area contributed by atoms with Gasteiger partial charge in [-0.05, 0) is 49.6 Å². The first-order valence-electron chi connectivity index (χ1n) is 13.2. The van der Waals surface area contributed by atoms with Gasteiger partial charge in [0.05, 0.1) is 17.7 Å². The maximum Gasteiger partial charge on any atom is 0.407 e. The molecule has 9 nitrogen and oxygen atoms in total. The Morgan fingerprint density at radius 2 is 1.95 bits per heavy atom. The van der Waals surface area contributed by atoms with Crippen molar-refractivity contribution in [3.8, 4) is 22.9 Å². The molecule has 0 spiro atoms. The molecule has 1 amide bonds. The number of halogens is 3. The topological polar surface area (TPSA) is 112 Å². The van der Waals surface area contributed by atoms with Crippen LogP contribution in [-0.4, -0.2) is 62.9 Å². The number of benzene rings is 2. The Labute approximate surface area is 234 Å². The minimum atomic E-state index is -4.25. The Bertz CT molecular complexity index is 1550. The summed E-state index contributed by atoms with van der Waals surface area (Å²) in [4.78, 5) is 26.2. The number of pyridine rings is 1. The summed E-state index contributed by atoms with van der Waals surface area (Å²) in [6.45, 7) is 2.50. The highest BCUT2D eigenvalue weighted by Gasteiger charge is 2.26. The van der Waals surface area contributed by atoms with Crippen LogP contribution in [0.5, 0.6) is 11.6 Å². The fraction of sp³-hybridized carbons (Fsp3) is 0.310. The summed E-state index contributed by atoms with van der Waals surface area (Å²) in [5.41, 5.74) is 2.58. The second-order valence-electron chi connectivity index (χ2n) is 9.84. The van der Waals surface area contributed by atoms with E-state index < -0.39 is 18.7 Å². The zero-order valence-electron chi connectivity index (χ0n) is 22.3. The van der Waals surface area contributed by atoms with Crippen LogP contribution in [0, 0.1) is 6.92 Å². The van der Waals surface area contributed by atoms with Crippen molar-refractivity contribution in [3.63, 3.8) is 0 Å². The average molecular weight is 567 g/mol. The van der Waals surface area contributed by atoms with E-state index in [1.165, 1.54) is 4.90 Å². The number of hydrogen-bond donors (Lipinski definition) is 3. The number of nitrogens with one attached hydrogen (secondary N) is 2. The maximum atomic E-state index is 12.7. The van der Waals surface area contributed by atoms with E-state index in [4.69, 9.17) is 4.74 Å². The summed E-state index contributed by atoms with van der Waals surface area (Å²) in [5, 5.41) is 16.9. The number of fused-ring (bicyclic) bond motifs is 1. The van der Waals surface area contributed by atoms with Crippen LogP contribution in [0.1, 0.15) is 24.8 Å².